The summed E-state index contributed by atoms with van der Waals surface area (Å²) in [7, 11) is 0. The smallest absolute Gasteiger partial charge is 0.326 e. The van der Waals surface area contributed by atoms with Gasteiger partial charge in [0, 0.05) is 6.54 Å². The van der Waals surface area contributed by atoms with Gasteiger partial charge in [0.05, 0.1) is 6.42 Å². The molecule has 2 amide bonds. The number of urea groups is 1. The average molecular weight is 272 g/mol. The topological polar surface area (TPSA) is 116 Å². The number of amides is 2. The molecule has 0 aromatic heterocycles. The predicted octanol–water partition coefficient (Wildman–Crippen LogP) is 0.650. The third-order valence-corrected chi connectivity index (χ3v) is 3.34. The van der Waals surface area contributed by atoms with E-state index < -0.39 is 30.4 Å². The second-order valence-electron chi connectivity index (χ2n) is 5.13. The van der Waals surface area contributed by atoms with Gasteiger partial charge in [-0.15, -0.1) is 0 Å². The van der Waals surface area contributed by atoms with Crippen molar-refractivity contribution in [1.82, 2.24) is 10.6 Å². The summed E-state index contributed by atoms with van der Waals surface area (Å²) < 4.78 is 0. The number of carbonyl (C=O) groups excluding carboxylic acids is 1. The fourth-order valence-corrected chi connectivity index (χ4v) is 2.33. The lowest BCUT2D eigenvalue weighted by Crippen LogP contribution is -2.47. The van der Waals surface area contributed by atoms with E-state index in [0.29, 0.717) is 18.4 Å². The molecule has 3 unspecified atom stereocenters. The van der Waals surface area contributed by atoms with Gasteiger partial charge in [-0.1, -0.05) is 13.3 Å². The summed E-state index contributed by atoms with van der Waals surface area (Å²) >= 11 is 0. The van der Waals surface area contributed by atoms with Gasteiger partial charge in [0.25, 0.3) is 0 Å². The van der Waals surface area contributed by atoms with Gasteiger partial charge in [0.15, 0.2) is 0 Å². The molecule has 0 aromatic carbocycles. The Hall–Kier alpha value is -1.79. The Morgan fingerprint density at radius 1 is 1.26 bits per heavy atom. The minimum Gasteiger partial charge on any atom is -0.481 e. The van der Waals surface area contributed by atoms with Crippen LogP contribution in [0.2, 0.25) is 0 Å². The number of aliphatic carboxylic acids is 2. The minimum atomic E-state index is -1.40. The van der Waals surface area contributed by atoms with Gasteiger partial charge in [-0.2, -0.15) is 0 Å². The molecule has 0 saturated heterocycles. The zero-order chi connectivity index (χ0) is 14.4. The lowest BCUT2D eigenvalue weighted by molar-refractivity contribution is -0.145. The molecule has 0 bridgehead atoms. The minimum absolute atomic E-state index is 0.420. The van der Waals surface area contributed by atoms with Crippen molar-refractivity contribution in [2.24, 2.45) is 11.8 Å². The Balaban J connectivity index is 2.32. The highest BCUT2D eigenvalue weighted by Crippen LogP contribution is 2.29. The number of rotatable bonds is 6. The van der Waals surface area contributed by atoms with Crippen LogP contribution in [0.25, 0.3) is 0 Å². The number of carbonyl (C=O) groups is 3. The SMILES string of the molecule is CC1CCC(CNC(=O)NC(CC(=O)O)C(=O)O)C1. The molecular formula is C12H20N2O5. The van der Waals surface area contributed by atoms with Crippen molar-refractivity contribution in [2.45, 2.75) is 38.6 Å². The highest BCUT2D eigenvalue weighted by molar-refractivity contribution is 5.86. The fraction of sp³-hybridized carbons (Fsp3) is 0.750. The molecule has 0 spiro atoms. The lowest BCUT2D eigenvalue weighted by Gasteiger charge is -2.15. The Morgan fingerprint density at radius 2 is 1.95 bits per heavy atom. The van der Waals surface area contributed by atoms with Crippen LogP contribution in [0.15, 0.2) is 0 Å². The van der Waals surface area contributed by atoms with E-state index in [4.69, 9.17) is 10.2 Å². The van der Waals surface area contributed by atoms with Crippen molar-refractivity contribution in [3.8, 4) is 0 Å². The summed E-state index contributed by atoms with van der Waals surface area (Å²) in [6, 6.07) is -2.03. The van der Waals surface area contributed by atoms with Crippen molar-refractivity contribution in [2.75, 3.05) is 6.54 Å². The van der Waals surface area contributed by atoms with Crippen LogP contribution < -0.4 is 10.6 Å². The second kappa shape index (κ2) is 6.96. The molecule has 0 aliphatic heterocycles. The fourth-order valence-electron chi connectivity index (χ4n) is 2.33. The van der Waals surface area contributed by atoms with Gasteiger partial charge in [-0.25, -0.2) is 9.59 Å². The number of nitrogens with one attached hydrogen (secondary N) is 2. The molecule has 108 valence electrons. The van der Waals surface area contributed by atoms with Gasteiger partial charge in [-0.05, 0) is 24.7 Å². The number of carboxylic acid groups (broad SMARTS) is 2. The Kier molecular flexibility index (Phi) is 5.59. The Morgan fingerprint density at radius 3 is 2.42 bits per heavy atom. The monoisotopic (exact) mass is 272 g/mol. The van der Waals surface area contributed by atoms with E-state index in [-0.39, 0.29) is 0 Å². The summed E-state index contributed by atoms with van der Waals surface area (Å²) in [6.07, 6.45) is 2.62. The molecule has 19 heavy (non-hydrogen) atoms. The maximum Gasteiger partial charge on any atom is 0.326 e. The van der Waals surface area contributed by atoms with E-state index in [1.54, 1.807) is 0 Å². The summed E-state index contributed by atoms with van der Waals surface area (Å²) in [6.45, 7) is 2.66. The average Bonchev–Trinajstić information content (AvgIpc) is 2.71. The molecule has 3 atom stereocenters. The molecule has 1 fully saturated rings. The van der Waals surface area contributed by atoms with E-state index >= 15 is 0 Å². The zero-order valence-corrected chi connectivity index (χ0v) is 10.9. The van der Waals surface area contributed by atoms with Crippen LogP contribution in [-0.4, -0.2) is 40.8 Å². The largest absolute Gasteiger partial charge is 0.481 e. The second-order valence-corrected chi connectivity index (χ2v) is 5.13. The summed E-state index contributed by atoms with van der Waals surface area (Å²) in [5, 5.41) is 22.1. The van der Waals surface area contributed by atoms with Crippen LogP contribution in [0.5, 0.6) is 0 Å². The molecule has 7 nitrogen and oxygen atoms in total. The maximum atomic E-state index is 11.5. The van der Waals surface area contributed by atoms with Crippen LogP contribution in [0.3, 0.4) is 0 Å². The molecule has 1 rings (SSSR count). The molecule has 0 radical (unpaired) electrons. The van der Waals surface area contributed by atoms with E-state index in [2.05, 4.69) is 17.6 Å². The normalized spacial score (nSPS) is 23.6. The molecule has 0 heterocycles. The molecule has 0 aromatic rings. The number of hydrogen-bond acceptors (Lipinski definition) is 3. The van der Waals surface area contributed by atoms with Crippen LogP contribution in [0.1, 0.15) is 32.6 Å². The first kappa shape index (κ1) is 15.3. The van der Waals surface area contributed by atoms with Crippen molar-refractivity contribution in [1.29, 1.82) is 0 Å². The Bertz CT molecular complexity index is 358. The first-order valence-corrected chi connectivity index (χ1v) is 6.37. The van der Waals surface area contributed by atoms with Crippen LogP contribution in [0.4, 0.5) is 4.79 Å². The summed E-state index contributed by atoms with van der Waals surface area (Å²) in [5.41, 5.74) is 0. The van der Waals surface area contributed by atoms with Crippen molar-refractivity contribution in [3.05, 3.63) is 0 Å². The predicted molar refractivity (Wildman–Crippen MR) is 66.7 cm³/mol. The molecule has 1 aliphatic rings. The van der Waals surface area contributed by atoms with Crippen LogP contribution in [0, 0.1) is 11.8 Å². The van der Waals surface area contributed by atoms with Gasteiger partial charge in [0.1, 0.15) is 6.04 Å². The lowest BCUT2D eigenvalue weighted by atomic mass is 10.1. The molecule has 1 saturated carbocycles. The van der Waals surface area contributed by atoms with Crippen molar-refractivity contribution < 1.29 is 24.6 Å². The first-order valence-electron chi connectivity index (χ1n) is 6.37. The molecule has 7 heteroatoms. The highest BCUT2D eigenvalue weighted by atomic mass is 16.4. The first-order chi connectivity index (χ1) is 8.88. The van der Waals surface area contributed by atoms with Gasteiger partial charge < -0.3 is 20.8 Å². The standard InChI is InChI=1S/C12H20N2O5/c1-7-2-3-8(4-7)6-13-12(19)14-9(11(17)18)5-10(15)16/h7-9H,2-6H2,1H3,(H,15,16)(H,17,18)(H2,13,14,19). The van der Waals surface area contributed by atoms with Gasteiger partial charge >= 0.3 is 18.0 Å². The summed E-state index contributed by atoms with van der Waals surface area (Å²) in [5.74, 6) is -1.54. The maximum absolute atomic E-state index is 11.5. The molecular weight excluding hydrogens is 252 g/mol. The van der Waals surface area contributed by atoms with Gasteiger partial charge in [-0.3, -0.25) is 4.79 Å². The van der Waals surface area contributed by atoms with Crippen LogP contribution >= 0.6 is 0 Å². The third-order valence-electron chi connectivity index (χ3n) is 3.34. The van der Waals surface area contributed by atoms with E-state index in [9.17, 15) is 14.4 Å². The third kappa shape index (κ3) is 5.58. The highest BCUT2D eigenvalue weighted by Gasteiger charge is 2.24. The van der Waals surface area contributed by atoms with Crippen LogP contribution in [-0.2, 0) is 9.59 Å². The Labute approximate surface area is 111 Å². The zero-order valence-electron chi connectivity index (χ0n) is 10.9. The van der Waals surface area contributed by atoms with E-state index in [1.165, 1.54) is 0 Å². The van der Waals surface area contributed by atoms with Crippen molar-refractivity contribution in [3.63, 3.8) is 0 Å². The number of carboxylic acids is 2. The van der Waals surface area contributed by atoms with Gasteiger partial charge in [0.2, 0.25) is 0 Å². The van der Waals surface area contributed by atoms with Crippen molar-refractivity contribution >= 4 is 18.0 Å². The molecule has 4 N–H and O–H groups in total. The molecule has 1 aliphatic carbocycles. The van der Waals surface area contributed by atoms with E-state index in [1.807, 2.05) is 0 Å². The summed E-state index contributed by atoms with van der Waals surface area (Å²) in [4.78, 5) is 32.7. The van der Waals surface area contributed by atoms with E-state index in [0.717, 1.165) is 19.3 Å². The quantitative estimate of drug-likeness (QED) is 0.566. The number of hydrogen-bond donors (Lipinski definition) is 4.